The van der Waals surface area contributed by atoms with Crippen LogP contribution in [-0.4, -0.2) is 6.10 Å². The van der Waals surface area contributed by atoms with Gasteiger partial charge in [-0.15, -0.1) is 0 Å². The Balaban J connectivity index is 1.62. The van der Waals surface area contributed by atoms with Gasteiger partial charge in [-0.1, -0.05) is 53.5 Å². The second kappa shape index (κ2) is 7.87. The highest BCUT2D eigenvalue weighted by Crippen LogP contribution is 2.36. The second-order valence-corrected chi connectivity index (χ2v) is 6.64. The van der Waals surface area contributed by atoms with Crippen LogP contribution in [0.25, 0.3) is 0 Å². The molecule has 120 valence electrons. The SMILES string of the molecule is ClC(Cl)=CC(OCc1cccc(Oc2ccccc2)c1)C1CC1. The highest BCUT2D eigenvalue weighted by atomic mass is 35.5. The highest BCUT2D eigenvalue weighted by molar-refractivity contribution is 6.55. The smallest absolute Gasteiger partial charge is 0.127 e. The molecular formula is C19H18Cl2O2. The van der Waals surface area contributed by atoms with Gasteiger partial charge in [0.25, 0.3) is 0 Å². The third-order valence-corrected chi connectivity index (χ3v) is 3.95. The third kappa shape index (κ3) is 5.28. The average molecular weight is 349 g/mol. The van der Waals surface area contributed by atoms with E-state index in [0.29, 0.717) is 12.5 Å². The maximum absolute atomic E-state index is 5.97. The molecule has 2 aromatic carbocycles. The predicted molar refractivity (Wildman–Crippen MR) is 94.0 cm³/mol. The maximum Gasteiger partial charge on any atom is 0.127 e. The lowest BCUT2D eigenvalue weighted by Crippen LogP contribution is -2.12. The molecule has 1 saturated carbocycles. The zero-order chi connectivity index (χ0) is 16.1. The normalized spacial score (nSPS) is 15.0. The summed E-state index contributed by atoms with van der Waals surface area (Å²) in [6, 6.07) is 17.6. The first-order valence-corrected chi connectivity index (χ1v) is 8.42. The largest absolute Gasteiger partial charge is 0.457 e. The van der Waals surface area contributed by atoms with Crippen molar-refractivity contribution >= 4 is 23.2 Å². The molecule has 1 atom stereocenters. The first kappa shape index (κ1) is 16.4. The number of benzene rings is 2. The third-order valence-electron chi connectivity index (χ3n) is 3.70. The van der Waals surface area contributed by atoms with E-state index in [1.165, 1.54) is 12.8 Å². The maximum atomic E-state index is 5.97. The molecule has 2 aromatic rings. The lowest BCUT2D eigenvalue weighted by Gasteiger charge is -2.14. The van der Waals surface area contributed by atoms with Gasteiger partial charge in [0.1, 0.15) is 16.0 Å². The van der Waals surface area contributed by atoms with Crippen molar-refractivity contribution in [3.8, 4) is 11.5 Å². The Kier molecular flexibility index (Phi) is 5.60. The van der Waals surface area contributed by atoms with Crippen LogP contribution in [0.1, 0.15) is 18.4 Å². The molecule has 0 radical (unpaired) electrons. The van der Waals surface area contributed by atoms with Gasteiger partial charge in [-0.05, 0) is 54.7 Å². The number of ether oxygens (including phenoxy) is 2. The molecule has 0 saturated heterocycles. The van der Waals surface area contributed by atoms with E-state index in [9.17, 15) is 0 Å². The fourth-order valence-electron chi connectivity index (χ4n) is 2.39. The topological polar surface area (TPSA) is 18.5 Å². The molecule has 0 aromatic heterocycles. The van der Waals surface area contributed by atoms with Crippen molar-refractivity contribution in [2.45, 2.75) is 25.6 Å². The van der Waals surface area contributed by atoms with Crippen LogP contribution in [-0.2, 0) is 11.3 Å². The molecule has 2 nitrogen and oxygen atoms in total. The van der Waals surface area contributed by atoms with Crippen LogP contribution in [0.3, 0.4) is 0 Å². The van der Waals surface area contributed by atoms with Crippen LogP contribution in [0, 0.1) is 5.92 Å². The van der Waals surface area contributed by atoms with E-state index < -0.39 is 0 Å². The molecule has 0 N–H and O–H groups in total. The summed E-state index contributed by atoms with van der Waals surface area (Å²) in [6.45, 7) is 0.505. The van der Waals surface area contributed by atoms with E-state index in [2.05, 4.69) is 0 Å². The number of hydrogen-bond acceptors (Lipinski definition) is 2. The Morgan fingerprint density at radius 3 is 2.48 bits per heavy atom. The van der Waals surface area contributed by atoms with E-state index in [1.54, 1.807) is 6.08 Å². The van der Waals surface area contributed by atoms with Crippen molar-refractivity contribution in [3.63, 3.8) is 0 Å². The highest BCUT2D eigenvalue weighted by Gasteiger charge is 2.30. The molecule has 0 heterocycles. The summed E-state index contributed by atoms with van der Waals surface area (Å²) in [7, 11) is 0. The number of para-hydroxylation sites is 1. The minimum Gasteiger partial charge on any atom is -0.457 e. The van der Waals surface area contributed by atoms with Gasteiger partial charge in [-0.3, -0.25) is 0 Å². The van der Waals surface area contributed by atoms with Crippen LogP contribution in [0.5, 0.6) is 11.5 Å². The van der Waals surface area contributed by atoms with E-state index in [4.69, 9.17) is 32.7 Å². The van der Waals surface area contributed by atoms with Gasteiger partial charge in [0.05, 0.1) is 12.7 Å². The minimum absolute atomic E-state index is 0.0151. The monoisotopic (exact) mass is 348 g/mol. The van der Waals surface area contributed by atoms with Crippen LogP contribution in [0.4, 0.5) is 0 Å². The molecule has 0 spiro atoms. The molecular weight excluding hydrogens is 331 g/mol. The van der Waals surface area contributed by atoms with Crippen molar-refractivity contribution in [3.05, 3.63) is 70.7 Å². The quantitative estimate of drug-likeness (QED) is 0.602. The Morgan fingerprint density at radius 1 is 1.04 bits per heavy atom. The van der Waals surface area contributed by atoms with E-state index in [0.717, 1.165) is 17.1 Å². The second-order valence-electron chi connectivity index (χ2n) is 5.63. The molecule has 0 bridgehead atoms. The van der Waals surface area contributed by atoms with Crippen molar-refractivity contribution in [2.75, 3.05) is 0 Å². The molecule has 1 aliphatic carbocycles. The molecule has 1 unspecified atom stereocenters. The average Bonchev–Trinajstić information content (AvgIpc) is 3.37. The summed E-state index contributed by atoms with van der Waals surface area (Å²) >= 11 is 11.5. The van der Waals surface area contributed by atoms with Crippen molar-refractivity contribution < 1.29 is 9.47 Å². The molecule has 0 aliphatic heterocycles. The summed E-state index contributed by atoms with van der Waals surface area (Å²) in [6.07, 6.45) is 4.10. The Bertz CT molecular complexity index is 662. The Hall–Kier alpha value is -1.48. The van der Waals surface area contributed by atoms with Gasteiger partial charge in [0.15, 0.2) is 0 Å². The van der Waals surface area contributed by atoms with Gasteiger partial charge < -0.3 is 9.47 Å². The predicted octanol–water partition coefficient (Wildman–Crippen LogP) is 6.09. The van der Waals surface area contributed by atoms with Crippen molar-refractivity contribution in [1.29, 1.82) is 0 Å². The molecule has 1 fully saturated rings. The molecule has 1 aliphatic rings. The Morgan fingerprint density at radius 2 is 1.78 bits per heavy atom. The standard InChI is InChI=1S/C19H18Cl2O2/c20-19(21)12-18(15-9-10-15)22-13-14-5-4-8-17(11-14)23-16-6-2-1-3-7-16/h1-8,11-12,15,18H,9-10,13H2. The molecule has 0 amide bonds. The molecule has 4 heteroatoms. The van der Waals surface area contributed by atoms with Gasteiger partial charge in [0, 0.05) is 0 Å². The fourth-order valence-corrected chi connectivity index (χ4v) is 2.63. The fraction of sp³-hybridized carbons (Fsp3) is 0.263. The zero-order valence-electron chi connectivity index (χ0n) is 12.6. The van der Waals surface area contributed by atoms with Gasteiger partial charge >= 0.3 is 0 Å². The van der Waals surface area contributed by atoms with Crippen LogP contribution in [0.15, 0.2) is 65.2 Å². The molecule has 3 rings (SSSR count). The summed E-state index contributed by atoms with van der Waals surface area (Å²) in [4.78, 5) is 0. The first-order chi connectivity index (χ1) is 11.2. The van der Waals surface area contributed by atoms with E-state index in [1.807, 2.05) is 54.6 Å². The zero-order valence-corrected chi connectivity index (χ0v) is 14.1. The summed E-state index contributed by atoms with van der Waals surface area (Å²) in [5.41, 5.74) is 1.06. The van der Waals surface area contributed by atoms with E-state index >= 15 is 0 Å². The first-order valence-electron chi connectivity index (χ1n) is 7.67. The van der Waals surface area contributed by atoms with Crippen LogP contribution < -0.4 is 4.74 Å². The number of rotatable bonds is 7. The summed E-state index contributed by atoms with van der Waals surface area (Å²) in [5.74, 6) is 2.15. The minimum atomic E-state index is -0.0151. The van der Waals surface area contributed by atoms with Crippen LogP contribution >= 0.6 is 23.2 Å². The van der Waals surface area contributed by atoms with Gasteiger partial charge in [-0.2, -0.15) is 0 Å². The lowest BCUT2D eigenvalue weighted by molar-refractivity contribution is 0.0579. The number of halogens is 2. The summed E-state index contributed by atoms with van der Waals surface area (Å²) < 4.78 is 12.1. The van der Waals surface area contributed by atoms with Gasteiger partial charge in [-0.25, -0.2) is 0 Å². The Labute approximate surface area is 146 Å². The molecule has 23 heavy (non-hydrogen) atoms. The van der Waals surface area contributed by atoms with Crippen molar-refractivity contribution in [1.82, 2.24) is 0 Å². The van der Waals surface area contributed by atoms with E-state index in [-0.39, 0.29) is 10.6 Å². The van der Waals surface area contributed by atoms with Gasteiger partial charge in [0.2, 0.25) is 0 Å². The summed E-state index contributed by atoms with van der Waals surface area (Å²) in [5, 5.41) is 0. The lowest BCUT2D eigenvalue weighted by atomic mass is 10.2. The number of hydrogen-bond donors (Lipinski definition) is 0. The van der Waals surface area contributed by atoms with Crippen molar-refractivity contribution in [2.24, 2.45) is 5.92 Å². The van der Waals surface area contributed by atoms with Crippen LogP contribution in [0.2, 0.25) is 0 Å².